The minimum Gasteiger partial charge on any atom is -0.506 e. The van der Waals surface area contributed by atoms with Crippen molar-refractivity contribution in [1.29, 1.82) is 0 Å². The van der Waals surface area contributed by atoms with Gasteiger partial charge in [0.15, 0.2) is 0 Å². The van der Waals surface area contributed by atoms with Gasteiger partial charge in [-0.3, -0.25) is 0 Å². The fraction of sp³-hybridized carbons (Fsp3) is 0.571. The highest BCUT2D eigenvalue weighted by Crippen LogP contribution is 2.52. The van der Waals surface area contributed by atoms with Crippen LogP contribution in [-0.4, -0.2) is 10.2 Å². The van der Waals surface area contributed by atoms with Gasteiger partial charge in [0.25, 0.3) is 0 Å². The van der Waals surface area contributed by atoms with E-state index in [1.54, 1.807) is 21.6 Å². The molecule has 0 aromatic heterocycles. The second-order valence-electron chi connectivity index (χ2n) is 10.7. The molecule has 2 aliphatic rings. The maximum atomic E-state index is 11.2. The van der Waals surface area contributed by atoms with Gasteiger partial charge in [0.1, 0.15) is 11.5 Å². The van der Waals surface area contributed by atoms with E-state index in [1.807, 2.05) is 0 Å². The van der Waals surface area contributed by atoms with Gasteiger partial charge in [0.2, 0.25) is 0 Å². The predicted molar refractivity (Wildman–Crippen MR) is 138 cm³/mol. The van der Waals surface area contributed by atoms with Crippen LogP contribution in [0.5, 0.6) is 11.5 Å². The summed E-state index contributed by atoms with van der Waals surface area (Å²) in [6.45, 7) is 8.86. The summed E-state index contributed by atoms with van der Waals surface area (Å²) in [4.78, 5) is 1.81. The van der Waals surface area contributed by atoms with E-state index < -0.39 is 0 Å². The summed E-state index contributed by atoms with van der Waals surface area (Å²) < 4.78 is 0. The molecule has 2 fully saturated rings. The first-order valence-electron chi connectivity index (χ1n) is 12.2. The van der Waals surface area contributed by atoms with Crippen molar-refractivity contribution in [3.05, 3.63) is 46.5 Å². The molecule has 0 heterocycles. The first-order chi connectivity index (χ1) is 15.2. The summed E-state index contributed by atoms with van der Waals surface area (Å²) in [5.74, 6) is 0.869. The molecule has 0 radical (unpaired) electrons. The van der Waals surface area contributed by atoms with Crippen LogP contribution in [-0.2, 0) is 10.8 Å². The van der Waals surface area contributed by atoms with Crippen LogP contribution in [0.2, 0.25) is 0 Å². The normalized spacial score (nSPS) is 20.2. The minimum atomic E-state index is 0.0581. The first kappa shape index (κ1) is 23.9. The first-order valence-corrected chi connectivity index (χ1v) is 14.4. The third-order valence-corrected chi connectivity index (χ3v) is 10.3. The van der Waals surface area contributed by atoms with Crippen LogP contribution in [0.25, 0.3) is 0 Å². The molecule has 2 saturated carbocycles. The van der Waals surface area contributed by atoms with Gasteiger partial charge < -0.3 is 10.2 Å². The summed E-state index contributed by atoms with van der Waals surface area (Å²) in [6, 6.07) is 8.53. The van der Waals surface area contributed by atoms with Crippen molar-refractivity contribution < 1.29 is 10.2 Å². The van der Waals surface area contributed by atoms with E-state index in [9.17, 15) is 10.2 Å². The van der Waals surface area contributed by atoms with Gasteiger partial charge in [0.05, 0.1) is 9.79 Å². The average molecular weight is 471 g/mol. The molecule has 2 aromatic rings. The topological polar surface area (TPSA) is 40.5 Å². The van der Waals surface area contributed by atoms with Gasteiger partial charge in [-0.2, -0.15) is 0 Å². The fourth-order valence-electron chi connectivity index (χ4n) is 5.83. The van der Waals surface area contributed by atoms with Crippen LogP contribution >= 0.6 is 21.6 Å². The summed E-state index contributed by atoms with van der Waals surface area (Å²) in [5.41, 5.74) is 4.70. The summed E-state index contributed by atoms with van der Waals surface area (Å²) >= 11 is 0. The zero-order valence-electron chi connectivity index (χ0n) is 20.1. The Morgan fingerprint density at radius 2 is 0.938 bits per heavy atom. The van der Waals surface area contributed by atoms with Crippen molar-refractivity contribution in [2.75, 3.05) is 0 Å². The molecule has 2 nitrogen and oxygen atoms in total. The maximum absolute atomic E-state index is 11.2. The molecule has 0 amide bonds. The van der Waals surface area contributed by atoms with Crippen LogP contribution in [0.15, 0.2) is 34.1 Å². The Hall–Kier alpha value is -1.26. The van der Waals surface area contributed by atoms with Crippen molar-refractivity contribution in [1.82, 2.24) is 0 Å². The smallest absolute Gasteiger partial charge is 0.133 e. The number of aromatic hydroxyl groups is 2. The Balaban J connectivity index is 1.62. The number of rotatable bonds is 5. The molecule has 174 valence electrons. The van der Waals surface area contributed by atoms with E-state index in [-0.39, 0.29) is 10.8 Å². The lowest BCUT2D eigenvalue weighted by Crippen LogP contribution is -2.25. The molecule has 2 aliphatic carbocycles. The molecule has 2 aromatic carbocycles. The quantitative estimate of drug-likeness (QED) is 0.428. The molecule has 0 spiro atoms. The molecule has 0 bridgehead atoms. The molecule has 4 heteroatoms. The third kappa shape index (κ3) is 4.82. The second-order valence-corrected chi connectivity index (χ2v) is 12.9. The summed E-state index contributed by atoms with van der Waals surface area (Å²) in [5, 5.41) is 22.5. The monoisotopic (exact) mass is 470 g/mol. The minimum absolute atomic E-state index is 0.0581. The molecule has 0 saturated heterocycles. The molecule has 0 unspecified atom stereocenters. The second kappa shape index (κ2) is 9.54. The van der Waals surface area contributed by atoms with Gasteiger partial charge in [-0.25, -0.2) is 0 Å². The lowest BCUT2D eigenvalue weighted by atomic mass is 9.70. The maximum Gasteiger partial charge on any atom is 0.133 e. The summed E-state index contributed by atoms with van der Waals surface area (Å²) in [7, 11) is 3.15. The highest BCUT2D eigenvalue weighted by Gasteiger charge is 2.34. The van der Waals surface area contributed by atoms with E-state index >= 15 is 0 Å². The largest absolute Gasteiger partial charge is 0.506 e. The zero-order valence-corrected chi connectivity index (χ0v) is 21.7. The third-order valence-electron chi connectivity index (χ3n) is 7.87. The molecule has 4 rings (SSSR count). The van der Waals surface area contributed by atoms with Crippen LogP contribution in [0.3, 0.4) is 0 Å². The number of benzene rings is 2. The van der Waals surface area contributed by atoms with Crippen LogP contribution in [0.4, 0.5) is 0 Å². The average Bonchev–Trinajstić information content (AvgIpc) is 2.76. The number of aryl methyl sites for hydroxylation is 2. The highest BCUT2D eigenvalue weighted by atomic mass is 33.1. The van der Waals surface area contributed by atoms with Crippen LogP contribution in [0.1, 0.15) is 100 Å². The van der Waals surface area contributed by atoms with Gasteiger partial charge in [-0.15, -0.1) is 0 Å². The Labute approximate surface area is 202 Å². The van der Waals surface area contributed by atoms with Crippen molar-refractivity contribution in [2.24, 2.45) is 0 Å². The standard InChI is InChI=1S/C28H38O2S2/c1-19-15-21(27(3)11-7-5-8-12-27)25(29)23(17-19)31-32-24-18-20(2)16-22(26(24)30)28(4)13-9-6-10-14-28/h15-18,29-30H,5-14H2,1-4H3. The number of hydrogen-bond acceptors (Lipinski definition) is 4. The van der Waals surface area contributed by atoms with E-state index in [4.69, 9.17) is 0 Å². The predicted octanol–water partition coefficient (Wildman–Crippen LogP) is 8.96. The summed E-state index contributed by atoms with van der Waals surface area (Å²) in [6.07, 6.45) is 12.1. The number of phenolic OH excluding ortho intramolecular Hbond substituents is 2. The number of phenols is 2. The highest BCUT2D eigenvalue weighted by molar-refractivity contribution is 8.76. The van der Waals surface area contributed by atoms with Gasteiger partial charge in [0, 0.05) is 11.1 Å². The lowest BCUT2D eigenvalue weighted by Gasteiger charge is -2.35. The Kier molecular flexibility index (Phi) is 7.12. The SMILES string of the molecule is Cc1cc(SSc2cc(C)cc(C3(C)CCCCC3)c2O)c(O)c(C2(C)CCCCC2)c1. The van der Waals surface area contributed by atoms with Gasteiger partial charge >= 0.3 is 0 Å². The van der Waals surface area contributed by atoms with Crippen molar-refractivity contribution in [3.63, 3.8) is 0 Å². The Morgan fingerprint density at radius 3 is 1.28 bits per heavy atom. The molecular weight excluding hydrogens is 432 g/mol. The van der Waals surface area contributed by atoms with Crippen LogP contribution < -0.4 is 0 Å². The van der Waals surface area contributed by atoms with E-state index in [0.29, 0.717) is 11.5 Å². The van der Waals surface area contributed by atoms with Crippen molar-refractivity contribution >= 4 is 21.6 Å². The lowest BCUT2D eigenvalue weighted by molar-refractivity contribution is 0.306. The number of hydrogen-bond donors (Lipinski definition) is 2. The molecule has 2 N–H and O–H groups in total. The molecular formula is C28H38O2S2. The Morgan fingerprint density at radius 1 is 0.594 bits per heavy atom. The molecule has 0 atom stereocenters. The van der Waals surface area contributed by atoms with E-state index in [0.717, 1.165) is 46.6 Å². The van der Waals surface area contributed by atoms with Gasteiger partial charge in [-0.05, 0) is 95.2 Å². The zero-order chi connectivity index (χ0) is 22.9. The van der Waals surface area contributed by atoms with E-state index in [1.165, 1.54) is 49.7 Å². The van der Waals surface area contributed by atoms with Crippen molar-refractivity contribution in [3.8, 4) is 11.5 Å². The van der Waals surface area contributed by atoms with Crippen molar-refractivity contribution in [2.45, 2.75) is 113 Å². The Bertz CT molecular complexity index is 890. The molecule has 32 heavy (non-hydrogen) atoms. The fourth-order valence-corrected chi connectivity index (χ4v) is 8.16. The van der Waals surface area contributed by atoms with Gasteiger partial charge in [-0.1, -0.05) is 64.5 Å². The van der Waals surface area contributed by atoms with E-state index in [2.05, 4.69) is 52.0 Å². The van der Waals surface area contributed by atoms with Crippen LogP contribution in [0, 0.1) is 13.8 Å². The molecule has 0 aliphatic heterocycles.